The summed E-state index contributed by atoms with van der Waals surface area (Å²) >= 11 is 7.22. The monoisotopic (exact) mass is 317 g/mol. The van der Waals surface area contributed by atoms with E-state index in [2.05, 4.69) is 23.3 Å². The van der Waals surface area contributed by atoms with Gasteiger partial charge in [-0.15, -0.1) is 0 Å². The lowest BCUT2D eigenvalue weighted by atomic mass is 10.0. The van der Waals surface area contributed by atoms with E-state index >= 15 is 0 Å². The van der Waals surface area contributed by atoms with Gasteiger partial charge in [0.2, 0.25) is 0 Å². The first-order valence-corrected chi connectivity index (χ1v) is 8.54. The minimum Gasteiger partial charge on any atom is -0.389 e. The van der Waals surface area contributed by atoms with Crippen LogP contribution in [0.5, 0.6) is 0 Å². The molecule has 110 valence electrons. The first-order chi connectivity index (χ1) is 10.1. The van der Waals surface area contributed by atoms with E-state index in [0.717, 1.165) is 28.7 Å². The van der Waals surface area contributed by atoms with Gasteiger partial charge in [0.1, 0.15) is 4.99 Å². The van der Waals surface area contributed by atoms with Crippen molar-refractivity contribution in [3.05, 3.63) is 36.0 Å². The van der Waals surface area contributed by atoms with Gasteiger partial charge in [-0.1, -0.05) is 30.4 Å². The van der Waals surface area contributed by atoms with Gasteiger partial charge >= 0.3 is 0 Å². The van der Waals surface area contributed by atoms with Crippen molar-refractivity contribution in [2.75, 3.05) is 17.6 Å². The maximum Gasteiger partial charge on any atom is 0.107 e. The van der Waals surface area contributed by atoms with Gasteiger partial charge in [0.15, 0.2) is 0 Å². The van der Waals surface area contributed by atoms with E-state index in [1.54, 1.807) is 6.20 Å². The van der Waals surface area contributed by atoms with Crippen LogP contribution in [0.2, 0.25) is 0 Å². The van der Waals surface area contributed by atoms with Crippen LogP contribution in [-0.2, 0) is 0 Å². The number of thiocarbonyl (C=S) groups is 1. The lowest BCUT2D eigenvalue weighted by Gasteiger charge is -2.25. The number of hydrogen-bond acceptors (Lipinski definition) is 4. The first kappa shape index (κ1) is 14.6. The van der Waals surface area contributed by atoms with Gasteiger partial charge in [-0.05, 0) is 31.6 Å². The number of thioether (sulfide) groups is 1. The van der Waals surface area contributed by atoms with E-state index in [0.29, 0.717) is 4.99 Å². The highest BCUT2D eigenvalue weighted by Gasteiger charge is 2.29. The molecule has 3 N–H and O–H groups in total. The van der Waals surface area contributed by atoms with E-state index in [1.165, 1.54) is 18.6 Å². The number of fused-ring (bicyclic) bond motifs is 1. The number of nitrogens with one attached hydrogen (secondary N) is 1. The third-order valence-corrected chi connectivity index (χ3v) is 5.74. The van der Waals surface area contributed by atoms with Crippen LogP contribution in [0, 0.1) is 0 Å². The summed E-state index contributed by atoms with van der Waals surface area (Å²) in [5.41, 5.74) is 8.68. The number of anilines is 1. The smallest absolute Gasteiger partial charge is 0.107 e. The molecule has 0 amide bonds. The number of para-hydroxylation sites is 1. The van der Waals surface area contributed by atoms with E-state index in [-0.39, 0.29) is 4.75 Å². The molecule has 0 aliphatic carbocycles. The fourth-order valence-corrected chi connectivity index (χ4v) is 4.17. The molecule has 1 aliphatic rings. The zero-order chi connectivity index (χ0) is 14.9. The zero-order valence-corrected chi connectivity index (χ0v) is 13.7. The Bertz CT molecular complexity index is 678. The quantitative estimate of drug-likeness (QED) is 0.844. The summed E-state index contributed by atoms with van der Waals surface area (Å²) in [6.07, 6.45) is 4.31. The molecule has 1 atom stereocenters. The normalized spacial score (nSPS) is 21.6. The van der Waals surface area contributed by atoms with Gasteiger partial charge in [-0.25, -0.2) is 0 Å². The SMILES string of the molecule is CC1(CNc2c(C(N)=S)cnc3ccccc23)CCCS1. The predicted octanol–water partition coefficient (Wildman–Crippen LogP) is 3.57. The van der Waals surface area contributed by atoms with Crippen LogP contribution < -0.4 is 11.1 Å². The highest BCUT2D eigenvalue weighted by molar-refractivity contribution is 8.00. The summed E-state index contributed by atoms with van der Waals surface area (Å²) in [5.74, 6) is 1.25. The molecule has 3 nitrogen and oxygen atoms in total. The molecule has 3 rings (SSSR count). The topological polar surface area (TPSA) is 50.9 Å². The van der Waals surface area contributed by atoms with Gasteiger partial charge in [0.05, 0.1) is 16.8 Å². The summed E-state index contributed by atoms with van der Waals surface area (Å²) in [4.78, 5) is 4.84. The molecule has 1 aliphatic heterocycles. The van der Waals surface area contributed by atoms with Crippen molar-refractivity contribution in [3.8, 4) is 0 Å². The van der Waals surface area contributed by atoms with Gasteiger partial charge in [-0.3, -0.25) is 4.98 Å². The van der Waals surface area contributed by atoms with Crippen LogP contribution in [0.1, 0.15) is 25.3 Å². The molecule has 1 aromatic heterocycles. The van der Waals surface area contributed by atoms with Crippen LogP contribution in [0.4, 0.5) is 5.69 Å². The molecular weight excluding hydrogens is 298 g/mol. The van der Waals surface area contributed by atoms with Gasteiger partial charge < -0.3 is 11.1 Å². The summed E-state index contributed by atoms with van der Waals surface area (Å²) in [6, 6.07) is 8.09. The number of hydrogen-bond donors (Lipinski definition) is 2. The van der Waals surface area contributed by atoms with Crippen molar-refractivity contribution < 1.29 is 0 Å². The zero-order valence-electron chi connectivity index (χ0n) is 12.1. The molecule has 2 aromatic rings. The van der Waals surface area contributed by atoms with Crippen LogP contribution in [0.15, 0.2) is 30.5 Å². The molecule has 0 bridgehead atoms. The fourth-order valence-electron chi connectivity index (χ4n) is 2.77. The fraction of sp³-hybridized carbons (Fsp3) is 0.375. The van der Waals surface area contributed by atoms with Crippen molar-refractivity contribution in [2.45, 2.75) is 24.5 Å². The molecule has 0 saturated carbocycles. The Hall–Kier alpha value is -1.33. The standard InChI is InChI=1S/C16H19N3S2/c1-16(7-4-8-21-16)10-19-14-11-5-2-3-6-13(11)18-9-12(14)15(17)20/h2-3,5-6,9H,4,7-8,10H2,1H3,(H2,17,20)(H,18,19). The Kier molecular flexibility index (Phi) is 4.04. The minimum atomic E-state index is 0.290. The third kappa shape index (κ3) is 2.99. The summed E-state index contributed by atoms with van der Waals surface area (Å²) in [6.45, 7) is 3.24. The summed E-state index contributed by atoms with van der Waals surface area (Å²) in [7, 11) is 0. The van der Waals surface area contributed by atoms with Crippen LogP contribution in [0.3, 0.4) is 0 Å². The number of nitrogens with two attached hydrogens (primary N) is 1. The molecule has 1 fully saturated rings. The van der Waals surface area contributed by atoms with Crippen LogP contribution in [-0.4, -0.2) is 27.0 Å². The van der Waals surface area contributed by atoms with Gasteiger partial charge in [0.25, 0.3) is 0 Å². The lowest BCUT2D eigenvalue weighted by molar-refractivity contribution is 0.635. The van der Waals surface area contributed by atoms with Crippen molar-refractivity contribution in [1.82, 2.24) is 4.98 Å². The number of nitrogens with zero attached hydrogens (tertiary/aromatic N) is 1. The van der Waals surface area contributed by atoms with Crippen molar-refractivity contribution in [3.63, 3.8) is 0 Å². The van der Waals surface area contributed by atoms with Crippen LogP contribution in [0.25, 0.3) is 10.9 Å². The van der Waals surface area contributed by atoms with E-state index < -0.39 is 0 Å². The van der Waals surface area contributed by atoms with E-state index in [4.69, 9.17) is 18.0 Å². The lowest BCUT2D eigenvalue weighted by Crippen LogP contribution is -2.28. The number of pyridine rings is 1. The number of aromatic nitrogens is 1. The highest BCUT2D eigenvalue weighted by Crippen LogP contribution is 2.38. The second-order valence-electron chi connectivity index (χ2n) is 5.68. The Morgan fingerprint density at radius 3 is 3.00 bits per heavy atom. The number of rotatable bonds is 4. The maximum absolute atomic E-state index is 5.87. The molecule has 1 saturated heterocycles. The number of benzene rings is 1. The van der Waals surface area contributed by atoms with Crippen molar-refractivity contribution >= 4 is 45.6 Å². The first-order valence-electron chi connectivity index (χ1n) is 7.14. The van der Waals surface area contributed by atoms with E-state index in [9.17, 15) is 0 Å². The molecular formula is C16H19N3S2. The highest BCUT2D eigenvalue weighted by atomic mass is 32.2. The van der Waals surface area contributed by atoms with Crippen molar-refractivity contribution in [2.24, 2.45) is 5.73 Å². The van der Waals surface area contributed by atoms with Gasteiger partial charge in [-0.2, -0.15) is 11.8 Å². The Morgan fingerprint density at radius 1 is 1.48 bits per heavy atom. The predicted molar refractivity (Wildman–Crippen MR) is 96.2 cm³/mol. The second-order valence-corrected chi connectivity index (χ2v) is 7.81. The molecule has 21 heavy (non-hydrogen) atoms. The Balaban J connectivity index is 1.98. The van der Waals surface area contributed by atoms with Crippen LogP contribution >= 0.6 is 24.0 Å². The average Bonchev–Trinajstić information content (AvgIpc) is 2.91. The average molecular weight is 317 g/mol. The largest absolute Gasteiger partial charge is 0.389 e. The summed E-state index contributed by atoms with van der Waals surface area (Å²) < 4.78 is 0.290. The molecule has 2 heterocycles. The molecule has 0 radical (unpaired) electrons. The minimum absolute atomic E-state index is 0.290. The van der Waals surface area contributed by atoms with Gasteiger partial charge in [0, 0.05) is 22.9 Å². The third-order valence-electron chi connectivity index (χ3n) is 3.98. The molecule has 1 unspecified atom stereocenters. The van der Waals surface area contributed by atoms with Crippen molar-refractivity contribution in [1.29, 1.82) is 0 Å². The second kappa shape index (κ2) is 5.81. The Morgan fingerprint density at radius 2 is 2.29 bits per heavy atom. The molecule has 0 spiro atoms. The van der Waals surface area contributed by atoms with E-state index in [1.807, 2.05) is 30.0 Å². The summed E-state index contributed by atoms with van der Waals surface area (Å²) in [5, 5.41) is 4.67. The molecule has 5 heteroatoms. The molecule has 1 aromatic carbocycles. The maximum atomic E-state index is 5.87. The Labute approximate surface area is 134 Å².